The van der Waals surface area contributed by atoms with Gasteiger partial charge in [0.1, 0.15) is 10.7 Å². The van der Waals surface area contributed by atoms with E-state index in [1.807, 2.05) is 6.07 Å². The number of aromatic nitrogens is 1. The van der Waals surface area contributed by atoms with E-state index in [2.05, 4.69) is 10.3 Å². The molecule has 4 rings (SSSR count). The molecule has 0 aliphatic carbocycles. The lowest BCUT2D eigenvalue weighted by Gasteiger charge is -2.29. The highest BCUT2D eigenvalue weighted by Gasteiger charge is 2.41. The molecule has 0 spiro atoms. The molecule has 148 valence electrons. The number of hydrogen-bond donors (Lipinski definition) is 1. The van der Waals surface area contributed by atoms with Crippen LogP contribution >= 0.6 is 11.3 Å². The molecule has 0 atom stereocenters. The number of carbonyl (C=O) groups is 1. The molecular weight excluding hydrogens is 413 g/mol. The number of ketones is 1. The number of Topliss-reactive ketones (excluding diaryl/α,β-unsaturated/α-hetero) is 1. The number of pyridine rings is 1. The van der Waals surface area contributed by atoms with Crippen LogP contribution in [0.2, 0.25) is 0 Å². The molecule has 0 fully saturated rings. The smallest absolute Gasteiger partial charge is 0.270 e. The predicted molar refractivity (Wildman–Crippen MR) is 109 cm³/mol. The Hall–Kier alpha value is -3.04. The summed E-state index contributed by atoms with van der Waals surface area (Å²) in [5.41, 5.74) is 1.51. The van der Waals surface area contributed by atoms with Gasteiger partial charge in [0.05, 0.1) is 24.5 Å². The number of allylic oxidation sites excluding steroid dienone is 1. The normalized spacial score (nSPS) is 16.7. The molecule has 3 aromatic rings. The summed E-state index contributed by atoms with van der Waals surface area (Å²) in [4.78, 5) is 16.9. The molecular formula is C20H16FN3O3S2. The van der Waals surface area contributed by atoms with E-state index in [4.69, 9.17) is 0 Å². The molecule has 3 heterocycles. The summed E-state index contributed by atoms with van der Waals surface area (Å²) in [6.45, 7) is 0.197. The van der Waals surface area contributed by atoms with Crippen molar-refractivity contribution in [3.8, 4) is 0 Å². The van der Waals surface area contributed by atoms with Crippen LogP contribution in [-0.4, -0.2) is 19.2 Å². The van der Waals surface area contributed by atoms with Gasteiger partial charge in [0, 0.05) is 12.4 Å². The Balaban J connectivity index is 1.68. The second-order valence-corrected chi connectivity index (χ2v) is 9.06. The van der Waals surface area contributed by atoms with Gasteiger partial charge in [-0.15, -0.1) is 11.3 Å². The predicted octanol–water partition coefficient (Wildman–Crippen LogP) is 3.45. The first-order chi connectivity index (χ1) is 14.0. The number of sulfonamides is 1. The highest BCUT2D eigenvalue weighted by Crippen LogP contribution is 2.39. The fraction of sp³-hybridized carbons (Fsp3) is 0.100. The standard InChI is InChI=1S/C20H16FN3O3S2/c21-15-5-3-4-14(10-15)13-24-17-7-9-28-20(17)19(25)18(29(24,26)27)12-22-11-16-6-1-2-8-23-16/h1-10,12,22H,11,13H2. The van der Waals surface area contributed by atoms with Crippen LogP contribution in [0.5, 0.6) is 0 Å². The van der Waals surface area contributed by atoms with Crippen LogP contribution in [0.25, 0.3) is 0 Å². The molecule has 0 unspecified atom stereocenters. The van der Waals surface area contributed by atoms with Crippen molar-refractivity contribution in [2.75, 3.05) is 4.31 Å². The third kappa shape index (κ3) is 3.79. The van der Waals surface area contributed by atoms with Gasteiger partial charge >= 0.3 is 0 Å². The molecule has 29 heavy (non-hydrogen) atoms. The van der Waals surface area contributed by atoms with E-state index in [1.165, 1.54) is 35.7 Å². The molecule has 9 heteroatoms. The van der Waals surface area contributed by atoms with Gasteiger partial charge in [-0.05, 0) is 41.3 Å². The first-order valence-corrected chi connectivity index (χ1v) is 11.0. The van der Waals surface area contributed by atoms with Gasteiger partial charge in [-0.2, -0.15) is 0 Å². The second-order valence-electron chi connectivity index (χ2n) is 6.32. The molecule has 1 N–H and O–H groups in total. The summed E-state index contributed by atoms with van der Waals surface area (Å²) in [7, 11) is -4.12. The molecule has 1 aliphatic heterocycles. The Morgan fingerprint density at radius 2 is 2.03 bits per heavy atom. The van der Waals surface area contributed by atoms with E-state index in [9.17, 15) is 17.6 Å². The number of rotatable bonds is 5. The molecule has 0 saturated carbocycles. The fourth-order valence-corrected chi connectivity index (χ4v) is 5.52. The van der Waals surface area contributed by atoms with Gasteiger partial charge in [-0.3, -0.25) is 14.1 Å². The zero-order chi connectivity index (χ0) is 20.4. The number of halogens is 1. The lowest BCUT2D eigenvalue weighted by atomic mass is 10.2. The number of nitrogens with one attached hydrogen (secondary N) is 1. The first-order valence-electron chi connectivity index (χ1n) is 8.69. The van der Waals surface area contributed by atoms with E-state index in [0.29, 0.717) is 21.8 Å². The lowest BCUT2D eigenvalue weighted by Crippen LogP contribution is -2.38. The molecule has 0 saturated heterocycles. The number of thiophene rings is 1. The van der Waals surface area contributed by atoms with Crippen LogP contribution in [0.15, 0.2) is 71.2 Å². The third-order valence-electron chi connectivity index (χ3n) is 4.37. The van der Waals surface area contributed by atoms with E-state index in [0.717, 1.165) is 4.31 Å². The van der Waals surface area contributed by atoms with Crippen LogP contribution in [-0.2, 0) is 23.1 Å². The minimum atomic E-state index is -4.12. The maximum absolute atomic E-state index is 13.6. The SMILES string of the molecule is O=C1C(=CNCc2ccccn2)S(=O)(=O)N(Cc2cccc(F)c2)c2ccsc21. The molecule has 1 aromatic carbocycles. The molecule has 6 nitrogen and oxygen atoms in total. The second kappa shape index (κ2) is 7.76. The van der Waals surface area contributed by atoms with Crippen molar-refractivity contribution in [2.45, 2.75) is 13.1 Å². The average Bonchev–Trinajstić information content (AvgIpc) is 3.18. The highest BCUT2D eigenvalue weighted by molar-refractivity contribution is 7.97. The van der Waals surface area contributed by atoms with Gasteiger partial charge in [0.25, 0.3) is 10.0 Å². The largest absolute Gasteiger partial charge is 0.384 e. The zero-order valence-electron chi connectivity index (χ0n) is 15.1. The number of benzene rings is 1. The minimum absolute atomic E-state index is 0.0747. The topological polar surface area (TPSA) is 79.4 Å². The molecule has 0 bridgehead atoms. The van der Waals surface area contributed by atoms with Crippen LogP contribution in [0.1, 0.15) is 20.9 Å². The molecule has 2 aromatic heterocycles. The Morgan fingerprint density at radius 1 is 1.17 bits per heavy atom. The van der Waals surface area contributed by atoms with E-state index in [-0.39, 0.29) is 18.0 Å². The Labute approximate surface area is 171 Å². The average molecular weight is 429 g/mol. The fourth-order valence-electron chi connectivity index (χ4n) is 3.01. The van der Waals surface area contributed by atoms with Gasteiger partial charge in [0.15, 0.2) is 4.91 Å². The van der Waals surface area contributed by atoms with Crippen molar-refractivity contribution in [3.63, 3.8) is 0 Å². The maximum Gasteiger partial charge on any atom is 0.270 e. The monoisotopic (exact) mass is 429 g/mol. The number of nitrogens with zero attached hydrogens (tertiary/aromatic N) is 2. The van der Waals surface area contributed by atoms with Gasteiger partial charge in [-0.25, -0.2) is 12.8 Å². The number of hydrogen-bond acceptors (Lipinski definition) is 6. The van der Waals surface area contributed by atoms with Crippen molar-refractivity contribution in [2.24, 2.45) is 0 Å². The lowest BCUT2D eigenvalue weighted by molar-refractivity contribution is 0.104. The highest BCUT2D eigenvalue weighted by atomic mass is 32.2. The molecule has 0 amide bonds. The van der Waals surface area contributed by atoms with Crippen LogP contribution in [0.4, 0.5) is 10.1 Å². The Kier molecular flexibility index (Phi) is 5.16. The van der Waals surface area contributed by atoms with Crippen molar-refractivity contribution >= 4 is 32.8 Å². The summed E-state index contributed by atoms with van der Waals surface area (Å²) in [6.07, 6.45) is 2.85. The minimum Gasteiger partial charge on any atom is -0.384 e. The Morgan fingerprint density at radius 3 is 2.79 bits per heavy atom. The third-order valence-corrected chi connectivity index (χ3v) is 7.04. The zero-order valence-corrected chi connectivity index (χ0v) is 16.7. The van der Waals surface area contributed by atoms with Gasteiger partial charge in [-0.1, -0.05) is 18.2 Å². The summed E-state index contributed by atoms with van der Waals surface area (Å²) >= 11 is 1.17. The quantitative estimate of drug-likeness (QED) is 0.629. The molecule has 0 radical (unpaired) electrons. The molecule has 1 aliphatic rings. The van der Waals surface area contributed by atoms with E-state index < -0.39 is 21.6 Å². The van der Waals surface area contributed by atoms with Crippen molar-refractivity contribution in [1.29, 1.82) is 0 Å². The summed E-state index contributed by atoms with van der Waals surface area (Å²) in [6, 6.07) is 12.7. The van der Waals surface area contributed by atoms with Crippen LogP contribution < -0.4 is 9.62 Å². The number of fused-ring (bicyclic) bond motifs is 1. The van der Waals surface area contributed by atoms with Crippen LogP contribution in [0.3, 0.4) is 0 Å². The van der Waals surface area contributed by atoms with Gasteiger partial charge < -0.3 is 5.32 Å². The summed E-state index contributed by atoms with van der Waals surface area (Å²) < 4.78 is 41.1. The summed E-state index contributed by atoms with van der Waals surface area (Å²) in [5, 5.41) is 4.53. The summed E-state index contributed by atoms with van der Waals surface area (Å²) in [5.74, 6) is -1.01. The van der Waals surface area contributed by atoms with Crippen molar-refractivity contribution in [3.05, 3.63) is 93.2 Å². The van der Waals surface area contributed by atoms with Crippen molar-refractivity contribution in [1.82, 2.24) is 10.3 Å². The van der Waals surface area contributed by atoms with Crippen LogP contribution in [0, 0.1) is 5.82 Å². The maximum atomic E-state index is 13.6. The van der Waals surface area contributed by atoms with E-state index >= 15 is 0 Å². The van der Waals surface area contributed by atoms with E-state index in [1.54, 1.807) is 35.8 Å². The first kappa shape index (κ1) is 19.3. The van der Waals surface area contributed by atoms with Crippen molar-refractivity contribution < 1.29 is 17.6 Å². The number of carbonyl (C=O) groups excluding carboxylic acids is 1. The van der Waals surface area contributed by atoms with Gasteiger partial charge in [0.2, 0.25) is 5.78 Å². The number of anilines is 1. The Bertz CT molecular complexity index is 1190.